The summed E-state index contributed by atoms with van der Waals surface area (Å²) in [4.78, 5) is 12.2. The molecule has 132 valence electrons. The van der Waals surface area contributed by atoms with Crippen molar-refractivity contribution in [3.8, 4) is 6.07 Å². The maximum atomic E-state index is 12.2. The maximum Gasteiger partial charge on any atom is 0.491 e. The van der Waals surface area contributed by atoms with Gasteiger partial charge in [-0.25, -0.2) is 0 Å². The Labute approximate surface area is 150 Å². The van der Waals surface area contributed by atoms with E-state index in [2.05, 4.69) is 5.32 Å². The summed E-state index contributed by atoms with van der Waals surface area (Å²) < 4.78 is 12.3. The summed E-state index contributed by atoms with van der Waals surface area (Å²) in [6, 6.07) is 9.20. The number of hydrogen-bond acceptors (Lipinski definition) is 5. The largest absolute Gasteiger partial charge is 0.491 e. The van der Waals surface area contributed by atoms with Gasteiger partial charge in [0.2, 0.25) is 0 Å². The number of nitriles is 1. The van der Waals surface area contributed by atoms with Gasteiger partial charge in [0.1, 0.15) is 0 Å². The molecule has 0 unspecified atom stereocenters. The molecule has 0 aliphatic carbocycles. The minimum Gasteiger partial charge on any atom is -0.400 e. The van der Waals surface area contributed by atoms with E-state index in [4.69, 9.17) is 14.6 Å². The molecule has 0 amide bonds. The normalized spacial score (nSPS) is 18.9. The Bertz CT molecular complexity index is 704. The van der Waals surface area contributed by atoms with Crippen molar-refractivity contribution in [1.82, 2.24) is 5.32 Å². The molecule has 1 N–H and O–H groups in total. The molecule has 2 rings (SSSR count). The second-order valence-electron chi connectivity index (χ2n) is 7.18. The van der Waals surface area contributed by atoms with E-state index in [1.807, 2.05) is 59.0 Å². The van der Waals surface area contributed by atoms with E-state index in [-0.39, 0.29) is 12.2 Å². The van der Waals surface area contributed by atoms with Crippen LogP contribution in [0.25, 0.3) is 6.08 Å². The van der Waals surface area contributed by atoms with E-state index < -0.39 is 18.3 Å². The first kappa shape index (κ1) is 19.4. The summed E-state index contributed by atoms with van der Waals surface area (Å²) >= 11 is 0. The molecule has 6 heteroatoms. The molecule has 1 aliphatic heterocycles. The first-order valence-corrected chi connectivity index (χ1v) is 8.41. The topological polar surface area (TPSA) is 71.4 Å². The number of benzene rings is 1. The van der Waals surface area contributed by atoms with Crippen LogP contribution in [0.15, 0.2) is 29.7 Å². The average molecular weight is 340 g/mol. The fourth-order valence-electron chi connectivity index (χ4n) is 2.64. The molecule has 0 atom stereocenters. The lowest BCUT2D eigenvalue weighted by Gasteiger charge is -2.32. The molecule has 5 nitrogen and oxygen atoms in total. The predicted octanol–water partition coefficient (Wildman–Crippen LogP) is 3.02. The molecule has 1 aromatic rings. The number of Topliss-reactive ketones (excluding diaryl/α,β-unsaturated/α-hetero) is 1. The average Bonchev–Trinajstić information content (AvgIpc) is 2.75. The highest BCUT2D eigenvalue weighted by atomic mass is 16.7. The fraction of sp³-hybridized carbons (Fsp3) is 0.474. The summed E-state index contributed by atoms with van der Waals surface area (Å²) in [6.07, 6.45) is 1.78. The number of carbonyl (C=O) groups is 1. The van der Waals surface area contributed by atoms with Crippen LogP contribution in [0.1, 0.15) is 50.0 Å². The Morgan fingerprint density at radius 1 is 1.24 bits per heavy atom. The molecule has 25 heavy (non-hydrogen) atoms. The molecule has 0 radical (unpaired) electrons. The quantitative estimate of drug-likeness (QED) is 0.637. The van der Waals surface area contributed by atoms with Gasteiger partial charge in [0.05, 0.1) is 23.7 Å². The van der Waals surface area contributed by atoms with E-state index in [9.17, 15) is 4.79 Å². The van der Waals surface area contributed by atoms with E-state index in [1.54, 1.807) is 12.1 Å². The number of nitrogens with zero attached hydrogens (tertiary/aromatic N) is 1. The highest BCUT2D eigenvalue weighted by molar-refractivity contribution is 6.56. The number of likely N-dealkylation sites (N-methyl/N-ethyl adjacent to an activating group) is 1. The number of ketones is 1. The van der Waals surface area contributed by atoms with Gasteiger partial charge in [-0.3, -0.25) is 4.79 Å². The minimum absolute atomic E-state index is 0.136. The number of carbonyl (C=O) groups excluding carboxylic acids is 1. The third-order valence-electron chi connectivity index (χ3n) is 4.78. The molecule has 1 heterocycles. The molecule has 0 spiro atoms. The van der Waals surface area contributed by atoms with Crippen molar-refractivity contribution in [2.24, 2.45) is 0 Å². The van der Waals surface area contributed by atoms with Gasteiger partial charge in [-0.05, 0) is 45.8 Å². The lowest BCUT2D eigenvalue weighted by atomic mass is 9.76. The van der Waals surface area contributed by atoms with Crippen LogP contribution in [0.3, 0.4) is 0 Å². The minimum atomic E-state index is -0.489. The number of hydrogen-bond donors (Lipinski definition) is 1. The smallest absolute Gasteiger partial charge is 0.400 e. The number of nitrogens with one attached hydrogen (secondary N) is 1. The van der Waals surface area contributed by atoms with Crippen molar-refractivity contribution in [3.05, 3.63) is 40.9 Å². The zero-order valence-electron chi connectivity index (χ0n) is 15.6. The molecule has 1 aromatic carbocycles. The van der Waals surface area contributed by atoms with Crippen LogP contribution < -0.4 is 5.32 Å². The first-order valence-electron chi connectivity index (χ1n) is 8.41. The van der Waals surface area contributed by atoms with Crippen molar-refractivity contribution in [1.29, 1.82) is 5.26 Å². The third kappa shape index (κ3) is 4.19. The van der Waals surface area contributed by atoms with Gasteiger partial charge in [0.25, 0.3) is 0 Å². The van der Waals surface area contributed by atoms with Crippen LogP contribution in [0.5, 0.6) is 0 Å². The van der Waals surface area contributed by atoms with Crippen molar-refractivity contribution < 1.29 is 14.1 Å². The Balaban J connectivity index is 2.39. The fourth-order valence-corrected chi connectivity index (χ4v) is 2.64. The molecule has 1 saturated heterocycles. The van der Waals surface area contributed by atoms with Crippen molar-refractivity contribution in [2.75, 3.05) is 13.6 Å². The highest BCUT2D eigenvalue weighted by Gasteiger charge is 2.52. The van der Waals surface area contributed by atoms with Gasteiger partial charge in [0, 0.05) is 12.1 Å². The standard InChI is InChI=1S/C19H25BN2O3/c1-18(2)19(3,4)25-20(24-18)15(13-22-5)12-14-8-6-7-9-16(14)17(23)10-11-21/h6-9,12,22H,10,13H2,1-5H3. The van der Waals surface area contributed by atoms with Gasteiger partial charge >= 0.3 is 7.12 Å². The summed E-state index contributed by atoms with van der Waals surface area (Å²) in [6.45, 7) is 8.60. The molecular weight excluding hydrogens is 315 g/mol. The van der Waals surface area contributed by atoms with Crippen molar-refractivity contribution in [2.45, 2.75) is 45.3 Å². The summed E-state index contributed by atoms with van der Waals surface area (Å²) in [5, 5.41) is 11.9. The van der Waals surface area contributed by atoms with E-state index in [1.165, 1.54) is 0 Å². The lowest BCUT2D eigenvalue weighted by molar-refractivity contribution is 0.00578. The van der Waals surface area contributed by atoms with Crippen LogP contribution in [0.2, 0.25) is 0 Å². The van der Waals surface area contributed by atoms with Crippen LogP contribution in [-0.2, 0) is 9.31 Å². The number of rotatable bonds is 6. The Kier molecular flexibility index (Phi) is 5.84. The van der Waals surface area contributed by atoms with Gasteiger partial charge in [-0.2, -0.15) is 5.26 Å². The van der Waals surface area contributed by atoms with Gasteiger partial charge in [0.15, 0.2) is 5.78 Å². The highest BCUT2D eigenvalue weighted by Crippen LogP contribution is 2.38. The summed E-state index contributed by atoms with van der Waals surface area (Å²) in [5.74, 6) is -0.188. The van der Waals surface area contributed by atoms with Crippen LogP contribution >= 0.6 is 0 Å². The van der Waals surface area contributed by atoms with E-state index >= 15 is 0 Å². The Hall–Kier alpha value is -1.94. The Morgan fingerprint density at radius 2 is 1.84 bits per heavy atom. The van der Waals surface area contributed by atoms with Crippen LogP contribution in [0, 0.1) is 11.3 Å². The predicted molar refractivity (Wildman–Crippen MR) is 99.0 cm³/mol. The second kappa shape index (κ2) is 7.53. The van der Waals surface area contributed by atoms with Crippen LogP contribution in [0.4, 0.5) is 0 Å². The lowest BCUT2D eigenvalue weighted by Crippen LogP contribution is -2.41. The summed E-state index contributed by atoms with van der Waals surface area (Å²) in [5.41, 5.74) is 1.34. The zero-order valence-corrected chi connectivity index (χ0v) is 15.6. The van der Waals surface area contributed by atoms with Crippen molar-refractivity contribution >= 4 is 19.0 Å². The maximum absolute atomic E-state index is 12.2. The molecule has 1 fully saturated rings. The van der Waals surface area contributed by atoms with Crippen LogP contribution in [-0.4, -0.2) is 37.7 Å². The van der Waals surface area contributed by atoms with Crippen molar-refractivity contribution in [3.63, 3.8) is 0 Å². The van der Waals surface area contributed by atoms with Gasteiger partial charge < -0.3 is 14.6 Å². The summed E-state index contributed by atoms with van der Waals surface area (Å²) in [7, 11) is 1.36. The second-order valence-corrected chi connectivity index (χ2v) is 7.18. The molecular formula is C19H25BN2O3. The zero-order chi connectivity index (χ0) is 18.7. The monoisotopic (exact) mass is 340 g/mol. The molecule has 0 saturated carbocycles. The molecule has 1 aliphatic rings. The van der Waals surface area contributed by atoms with Gasteiger partial charge in [-0.15, -0.1) is 0 Å². The van der Waals surface area contributed by atoms with Gasteiger partial charge in [-0.1, -0.05) is 30.3 Å². The Morgan fingerprint density at radius 3 is 2.40 bits per heavy atom. The SMILES string of the molecule is CNCC(=Cc1ccccc1C(=O)CC#N)B1OC(C)(C)C(C)(C)O1. The third-order valence-corrected chi connectivity index (χ3v) is 4.78. The first-order chi connectivity index (χ1) is 11.7. The van der Waals surface area contributed by atoms with E-state index in [0.29, 0.717) is 12.1 Å². The molecule has 0 aromatic heterocycles. The molecule has 0 bridgehead atoms. The van der Waals surface area contributed by atoms with E-state index in [0.717, 1.165) is 11.0 Å².